The minimum absolute atomic E-state index is 0.627. The molecule has 11 rings (SSSR count). The van der Waals surface area contributed by atoms with E-state index in [4.69, 9.17) is 14.4 Å². The van der Waals surface area contributed by atoms with Crippen LogP contribution in [0.2, 0.25) is 0 Å². The molecule has 4 heteroatoms. The molecule has 0 radical (unpaired) electrons. The van der Waals surface area contributed by atoms with E-state index in [2.05, 4.69) is 126 Å². The average molecular weight is 586 g/mol. The Morgan fingerprint density at radius 2 is 1.11 bits per heavy atom. The maximum atomic E-state index is 6.60. The highest BCUT2D eigenvalue weighted by Crippen LogP contribution is 2.50. The topological polar surface area (TPSA) is 43.9 Å². The van der Waals surface area contributed by atoms with Crippen LogP contribution in [0.5, 0.6) is 0 Å². The molecule has 1 aliphatic rings. The van der Waals surface area contributed by atoms with Gasteiger partial charge in [-0.25, -0.2) is 9.97 Å². The van der Waals surface area contributed by atoms with Gasteiger partial charge in [-0.3, -0.25) is 4.57 Å². The summed E-state index contributed by atoms with van der Waals surface area (Å²) in [5, 5.41) is 8.14. The third-order valence-corrected chi connectivity index (χ3v) is 9.75. The molecule has 0 atom stereocenters. The van der Waals surface area contributed by atoms with Crippen LogP contribution in [0.25, 0.3) is 105 Å². The lowest BCUT2D eigenvalue weighted by atomic mass is 9.96. The van der Waals surface area contributed by atoms with E-state index in [1.807, 2.05) is 18.2 Å². The van der Waals surface area contributed by atoms with Gasteiger partial charge in [0.25, 0.3) is 0 Å². The first-order chi connectivity index (χ1) is 22.8. The predicted molar refractivity (Wildman–Crippen MR) is 189 cm³/mol. The molecule has 0 saturated heterocycles. The molecule has 0 saturated carbocycles. The summed E-state index contributed by atoms with van der Waals surface area (Å²) in [5.74, 6) is 0.627. The molecular weight excluding hydrogens is 562 g/mol. The summed E-state index contributed by atoms with van der Waals surface area (Å²) in [5.41, 5.74) is 11.4. The zero-order valence-corrected chi connectivity index (χ0v) is 24.5. The number of aromatic nitrogens is 3. The smallest absolute Gasteiger partial charge is 0.236 e. The quantitative estimate of drug-likeness (QED) is 0.203. The van der Waals surface area contributed by atoms with Crippen LogP contribution in [-0.4, -0.2) is 14.5 Å². The zero-order chi connectivity index (χ0) is 29.9. The Balaban J connectivity index is 1.28. The molecule has 1 aliphatic carbocycles. The molecule has 0 aliphatic heterocycles. The van der Waals surface area contributed by atoms with Crippen molar-refractivity contribution in [3.05, 3.63) is 140 Å². The normalized spacial score (nSPS) is 12.3. The summed E-state index contributed by atoms with van der Waals surface area (Å²) in [7, 11) is 0. The number of fused-ring (bicyclic) bond motifs is 10. The molecule has 7 aromatic carbocycles. The lowest BCUT2D eigenvalue weighted by molar-refractivity contribution is 0.666. The van der Waals surface area contributed by atoms with Crippen molar-refractivity contribution in [2.24, 2.45) is 0 Å². The van der Waals surface area contributed by atoms with Gasteiger partial charge < -0.3 is 4.42 Å². The standard InChI is InChI=1S/C42H23N3O/c1-2-11-25-23-36-34(22-24(25)10-1)28-14-5-7-18-35(28)45(36)42-43-39(41-40(44-42)33-15-6-8-19-37(33)46-41)32-21-20-31-27-13-4-3-12-26(27)29-16-9-17-30(32)38(29)31/h1-23H. The maximum Gasteiger partial charge on any atom is 0.236 e. The monoisotopic (exact) mass is 585 g/mol. The molecule has 10 aromatic rings. The highest BCUT2D eigenvalue weighted by molar-refractivity contribution is 6.20. The predicted octanol–water partition coefficient (Wildman–Crippen LogP) is 11.1. The second kappa shape index (κ2) is 8.68. The van der Waals surface area contributed by atoms with E-state index in [1.165, 1.54) is 49.2 Å². The summed E-state index contributed by atoms with van der Waals surface area (Å²) in [6, 6.07) is 49.5. The molecule has 212 valence electrons. The summed E-state index contributed by atoms with van der Waals surface area (Å²) >= 11 is 0. The summed E-state index contributed by atoms with van der Waals surface area (Å²) in [4.78, 5) is 10.7. The minimum Gasteiger partial charge on any atom is -0.452 e. The zero-order valence-electron chi connectivity index (χ0n) is 24.5. The molecule has 0 unspecified atom stereocenters. The first kappa shape index (κ1) is 24.1. The van der Waals surface area contributed by atoms with Gasteiger partial charge in [0.2, 0.25) is 5.95 Å². The van der Waals surface area contributed by atoms with Crippen LogP contribution in [-0.2, 0) is 0 Å². The number of hydrogen-bond donors (Lipinski definition) is 0. The van der Waals surface area contributed by atoms with E-state index in [1.54, 1.807) is 0 Å². The van der Waals surface area contributed by atoms with Crippen molar-refractivity contribution in [2.45, 2.75) is 0 Å². The van der Waals surface area contributed by atoms with E-state index in [-0.39, 0.29) is 0 Å². The average Bonchev–Trinajstić information content (AvgIpc) is 3.76. The van der Waals surface area contributed by atoms with E-state index in [9.17, 15) is 0 Å². The molecular formula is C42H23N3O. The van der Waals surface area contributed by atoms with Gasteiger partial charge in [-0.15, -0.1) is 0 Å². The Bertz CT molecular complexity index is 2900. The largest absolute Gasteiger partial charge is 0.452 e. The third-order valence-electron chi connectivity index (χ3n) is 9.75. The summed E-state index contributed by atoms with van der Waals surface area (Å²) in [6.07, 6.45) is 0. The van der Waals surface area contributed by atoms with Gasteiger partial charge in [0, 0.05) is 21.7 Å². The Morgan fingerprint density at radius 1 is 0.457 bits per heavy atom. The second-order valence-corrected chi connectivity index (χ2v) is 12.2. The number of hydrogen-bond acceptors (Lipinski definition) is 3. The molecule has 0 amide bonds. The van der Waals surface area contributed by atoms with E-state index in [0.29, 0.717) is 11.5 Å². The van der Waals surface area contributed by atoms with Crippen molar-refractivity contribution in [3.8, 4) is 39.5 Å². The fourth-order valence-electron chi connectivity index (χ4n) is 7.75. The maximum absolute atomic E-state index is 6.60. The van der Waals surface area contributed by atoms with Crippen LogP contribution >= 0.6 is 0 Å². The van der Waals surface area contributed by atoms with Crippen molar-refractivity contribution >= 4 is 65.4 Å². The molecule has 0 bridgehead atoms. The fourth-order valence-corrected chi connectivity index (χ4v) is 7.75. The first-order valence-electron chi connectivity index (χ1n) is 15.6. The van der Waals surface area contributed by atoms with Gasteiger partial charge in [-0.2, -0.15) is 0 Å². The molecule has 4 nitrogen and oxygen atoms in total. The van der Waals surface area contributed by atoms with Crippen LogP contribution < -0.4 is 0 Å². The van der Waals surface area contributed by atoms with Gasteiger partial charge in [0.05, 0.1) is 11.0 Å². The molecule has 46 heavy (non-hydrogen) atoms. The van der Waals surface area contributed by atoms with E-state index < -0.39 is 0 Å². The van der Waals surface area contributed by atoms with Crippen LogP contribution in [0.15, 0.2) is 144 Å². The Labute approximate surface area is 262 Å². The summed E-state index contributed by atoms with van der Waals surface area (Å²) < 4.78 is 8.82. The Kier molecular flexibility index (Phi) is 4.55. The van der Waals surface area contributed by atoms with E-state index >= 15 is 0 Å². The summed E-state index contributed by atoms with van der Waals surface area (Å²) in [6.45, 7) is 0. The molecule has 0 N–H and O–H groups in total. The molecule has 0 spiro atoms. The lowest BCUT2D eigenvalue weighted by Gasteiger charge is -2.12. The lowest BCUT2D eigenvalue weighted by Crippen LogP contribution is -2.03. The van der Waals surface area contributed by atoms with Crippen molar-refractivity contribution in [1.29, 1.82) is 0 Å². The second-order valence-electron chi connectivity index (χ2n) is 12.2. The number of nitrogens with zero attached hydrogens (tertiary/aromatic N) is 3. The van der Waals surface area contributed by atoms with Gasteiger partial charge in [-0.1, -0.05) is 109 Å². The highest BCUT2D eigenvalue weighted by Gasteiger charge is 2.26. The highest BCUT2D eigenvalue weighted by atomic mass is 16.3. The van der Waals surface area contributed by atoms with Crippen molar-refractivity contribution < 1.29 is 4.42 Å². The first-order valence-corrected chi connectivity index (χ1v) is 15.6. The third kappa shape index (κ3) is 3.07. The van der Waals surface area contributed by atoms with Crippen molar-refractivity contribution in [3.63, 3.8) is 0 Å². The van der Waals surface area contributed by atoms with Crippen LogP contribution in [0.4, 0.5) is 0 Å². The molecule has 3 aromatic heterocycles. The fraction of sp³-hybridized carbons (Fsp3) is 0. The van der Waals surface area contributed by atoms with Gasteiger partial charge in [0.15, 0.2) is 5.58 Å². The number of para-hydroxylation sites is 2. The Morgan fingerprint density at radius 3 is 1.98 bits per heavy atom. The SMILES string of the molecule is c1ccc2c(c1)-c1cccc3c(-c4nc(-n5c6ccccc6c6cc7ccccc7cc65)nc5c4oc4ccccc45)ccc-2c13. The van der Waals surface area contributed by atoms with Crippen molar-refractivity contribution in [1.82, 2.24) is 14.5 Å². The van der Waals surface area contributed by atoms with Gasteiger partial charge >= 0.3 is 0 Å². The van der Waals surface area contributed by atoms with E-state index in [0.717, 1.165) is 44.2 Å². The van der Waals surface area contributed by atoms with Crippen LogP contribution in [0.3, 0.4) is 0 Å². The number of furan rings is 1. The van der Waals surface area contributed by atoms with Gasteiger partial charge in [-0.05, 0) is 74.1 Å². The molecule has 3 heterocycles. The van der Waals surface area contributed by atoms with Gasteiger partial charge in [0.1, 0.15) is 16.8 Å². The number of benzene rings is 7. The minimum atomic E-state index is 0.627. The molecule has 0 fully saturated rings. The van der Waals surface area contributed by atoms with Crippen molar-refractivity contribution in [2.75, 3.05) is 0 Å². The Hall–Kier alpha value is -6.26. The van der Waals surface area contributed by atoms with Crippen LogP contribution in [0.1, 0.15) is 0 Å². The van der Waals surface area contributed by atoms with Crippen LogP contribution in [0, 0.1) is 0 Å². The number of rotatable bonds is 2.